The Kier molecular flexibility index (Phi) is 7.70. The van der Waals surface area contributed by atoms with E-state index in [0.29, 0.717) is 53.1 Å². The Bertz CT molecular complexity index is 1480. The second kappa shape index (κ2) is 10.9. The fourth-order valence-corrected chi connectivity index (χ4v) is 4.26. The average Bonchev–Trinajstić information content (AvgIpc) is 3.44. The molecule has 1 amide bonds. The second-order valence-electron chi connectivity index (χ2n) is 8.20. The summed E-state index contributed by atoms with van der Waals surface area (Å²) < 4.78 is 29.6. The van der Waals surface area contributed by atoms with Gasteiger partial charge in [-0.2, -0.15) is 5.10 Å². The predicted molar refractivity (Wildman–Crippen MR) is 138 cm³/mol. The van der Waals surface area contributed by atoms with E-state index >= 15 is 4.39 Å². The highest BCUT2D eigenvalue weighted by molar-refractivity contribution is 6.33. The molecule has 9 nitrogen and oxygen atoms in total. The Labute approximate surface area is 217 Å². The molecule has 2 heterocycles. The molecule has 0 aliphatic rings. The van der Waals surface area contributed by atoms with Crippen molar-refractivity contribution in [1.29, 1.82) is 0 Å². The Morgan fingerprint density at radius 2 is 1.92 bits per heavy atom. The van der Waals surface area contributed by atoms with E-state index < -0.39 is 11.7 Å². The number of rotatable bonds is 9. The maximum Gasteiger partial charge on any atom is 0.291 e. The van der Waals surface area contributed by atoms with E-state index in [9.17, 15) is 9.59 Å². The third-order valence-electron chi connectivity index (χ3n) is 6.05. The molecule has 1 N–H and O–H groups in total. The van der Waals surface area contributed by atoms with Crippen LogP contribution in [-0.4, -0.2) is 52.4 Å². The topological polar surface area (TPSA) is 100 Å². The van der Waals surface area contributed by atoms with E-state index in [4.69, 9.17) is 21.1 Å². The summed E-state index contributed by atoms with van der Waals surface area (Å²) in [5.74, 6) is -0.939. The molecule has 0 saturated heterocycles. The van der Waals surface area contributed by atoms with Gasteiger partial charge in [0.05, 0.1) is 43.4 Å². The average molecular weight is 526 g/mol. The summed E-state index contributed by atoms with van der Waals surface area (Å²) in [7, 11) is 4.64. The molecule has 2 aromatic heterocycles. The number of halogens is 2. The number of hydrogen-bond donors (Lipinski definition) is 1. The fourth-order valence-electron chi connectivity index (χ4n) is 4.04. The van der Waals surface area contributed by atoms with Crippen LogP contribution in [0.5, 0.6) is 5.75 Å². The first-order valence-corrected chi connectivity index (χ1v) is 11.6. The number of benzene rings is 2. The van der Waals surface area contributed by atoms with Crippen molar-refractivity contribution < 1.29 is 23.5 Å². The lowest BCUT2D eigenvalue weighted by Gasteiger charge is -2.14. The molecule has 0 aliphatic heterocycles. The van der Waals surface area contributed by atoms with Crippen LogP contribution in [0.3, 0.4) is 0 Å². The summed E-state index contributed by atoms with van der Waals surface area (Å²) in [4.78, 5) is 28.1. The first-order chi connectivity index (χ1) is 17.8. The molecule has 4 rings (SSSR count). The van der Waals surface area contributed by atoms with E-state index in [1.54, 1.807) is 47.8 Å². The number of nitrogens with one attached hydrogen (secondary N) is 1. The van der Waals surface area contributed by atoms with Gasteiger partial charge in [-0.3, -0.25) is 14.3 Å². The molecule has 0 fully saturated rings. The molecule has 11 heteroatoms. The van der Waals surface area contributed by atoms with Crippen molar-refractivity contribution in [1.82, 2.24) is 19.3 Å². The highest BCUT2D eigenvalue weighted by atomic mass is 35.5. The van der Waals surface area contributed by atoms with Crippen LogP contribution in [0.25, 0.3) is 22.4 Å². The smallest absolute Gasteiger partial charge is 0.291 e. The van der Waals surface area contributed by atoms with E-state index in [1.165, 1.54) is 25.4 Å². The molecular formula is C26H25ClFN5O4. The molecule has 0 aliphatic carbocycles. The van der Waals surface area contributed by atoms with Crippen molar-refractivity contribution >= 4 is 29.5 Å². The van der Waals surface area contributed by atoms with Gasteiger partial charge in [-0.25, -0.2) is 9.37 Å². The van der Waals surface area contributed by atoms with Crippen molar-refractivity contribution in [2.45, 2.75) is 13.5 Å². The van der Waals surface area contributed by atoms with Crippen LogP contribution in [0.1, 0.15) is 26.7 Å². The molecule has 0 unspecified atom stereocenters. The molecule has 2 aromatic carbocycles. The number of aldehydes is 1. The highest BCUT2D eigenvalue weighted by Gasteiger charge is 2.23. The van der Waals surface area contributed by atoms with Gasteiger partial charge in [0.15, 0.2) is 23.7 Å². The van der Waals surface area contributed by atoms with Gasteiger partial charge >= 0.3 is 0 Å². The van der Waals surface area contributed by atoms with Gasteiger partial charge in [0.1, 0.15) is 0 Å². The number of carbonyl (C=O) groups is 2. The van der Waals surface area contributed by atoms with Crippen LogP contribution in [0.4, 0.5) is 10.1 Å². The zero-order chi connectivity index (χ0) is 26.7. The number of hydrogen-bond acceptors (Lipinski definition) is 6. The van der Waals surface area contributed by atoms with Crippen LogP contribution in [0.15, 0.2) is 42.7 Å². The lowest BCUT2D eigenvalue weighted by Crippen LogP contribution is -2.17. The Morgan fingerprint density at radius 1 is 1.16 bits per heavy atom. The van der Waals surface area contributed by atoms with Crippen molar-refractivity contribution in [3.63, 3.8) is 0 Å². The minimum absolute atomic E-state index is 0.0210. The largest absolute Gasteiger partial charge is 0.493 e. The molecule has 0 atom stereocenters. The third-order valence-corrected chi connectivity index (χ3v) is 6.38. The first-order valence-electron chi connectivity index (χ1n) is 11.3. The number of anilines is 1. The normalized spacial score (nSPS) is 11.0. The number of imidazole rings is 1. The van der Waals surface area contributed by atoms with Gasteiger partial charge in [0.25, 0.3) is 5.91 Å². The molecule has 37 heavy (non-hydrogen) atoms. The number of ether oxygens (including phenoxy) is 2. The first kappa shape index (κ1) is 26.1. The van der Waals surface area contributed by atoms with Crippen LogP contribution >= 0.6 is 11.6 Å². The minimum atomic E-state index is -0.550. The number of amides is 1. The number of methoxy groups -OCH3 is 2. The third kappa shape index (κ3) is 4.98. The quantitative estimate of drug-likeness (QED) is 0.316. The Morgan fingerprint density at radius 3 is 2.59 bits per heavy atom. The number of carbonyl (C=O) groups excluding carboxylic acids is 2. The van der Waals surface area contributed by atoms with Crippen LogP contribution < -0.4 is 10.1 Å². The van der Waals surface area contributed by atoms with Gasteiger partial charge in [0.2, 0.25) is 0 Å². The summed E-state index contributed by atoms with van der Waals surface area (Å²) in [5.41, 5.74) is 3.41. The van der Waals surface area contributed by atoms with E-state index in [1.807, 2.05) is 6.92 Å². The zero-order valence-corrected chi connectivity index (χ0v) is 21.5. The lowest BCUT2D eigenvalue weighted by atomic mass is 10.0. The molecule has 192 valence electrons. The van der Waals surface area contributed by atoms with E-state index in [2.05, 4.69) is 15.4 Å². The van der Waals surface area contributed by atoms with Crippen LogP contribution in [0.2, 0.25) is 5.02 Å². The molecule has 0 saturated carbocycles. The Balaban J connectivity index is 1.65. The van der Waals surface area contributed by atoms with Gasteiger partial charge in [-0.15, -0.1) is 0 Å². The maximum absolute atomic E-state index is 15.7. The van der Waals surface area contributed by atoms with Gasteiger partial charge in [-0.05, 0) is 31.2 Å². The summed E-state index contributed by atoms with van der Waals surface area (Å²) in [5, 5.41) is 7.26. The van der Waals surface area contributed by atoms with Crippen LogP contribution in [0, 0.1) is 12.7 Å². The maximum atomic E-state index is 15.7. The second-order valence-corrected chi connectivity index (χ2v) is 8.61. The van der Waals surface area contributed by atoms with Crippen molar-refractivity contribution in [3.05, 3.63) is 70.6 Å². The standard InChI is InChI=1S/C26H25ClFN5O4/c1-15-20(12-30-33(15)9-10-36-3)18-7-8-19(24(37-4)23(18)28)22-13-29-25(32(22)2)26(35)31-17-6-5-16(14-34)21(27)11-17/h5-8,11-14H,9-10H2,1-4H3,(H,31,35). The monoisotopic (exact) mass is 525 g/mol. The van der Waals surface area contributed by atoms with Crippen molar-refractivity contribution in [2.24, 2.45) is 7.05 Å². The van der Waals surface area contributed by atoms with Gasteiger partial charge < -0.3 is 19.4 Å². The fraction of sp³-hybridized carbons (Fsp3) is 0.231. The predicted octanol–water partition coefficient (Wildman–Crippen LogP) is 4.77. The summed E-state index contributed by atoms with van der Waals surface area (Å²) in [6.07, 6.45) is 3.72. The van der Waals surface area contributed by atoms with Gasteiger partial charge in [0, 0.05) is 47.8 Å². The lowest BCUT2D eigenvalue weighted by molar-refractivity contribution is 0.101. The number of nitrogens with zero attached hydrogens (tertiary/aromatic N) is 4. The molecule has 4 aromatic rings. The van der Waals surface area contributed by atoms with E-state index in [-0.39, 0.29) is 16.6 Å². The zero-order valence-electron chi connectivity index (χ0n) is 20.7. The van der Waals surface area contributed by atoms with Gasteiger partial charge in [-0.1, -0.05) is 17.7 Å². The molecule has 0 spiro atoms. The number of aromatic nitrogens is 4. The van der Waals surface area contributed by atoms with Crippen molar-refractivity contribution in [3.8, 4) is 28.1 Å². The molecular weight excluding hydrogens is 501 g/mol. The molecule has 0 radical (unpaired) electrons. The summed E-state index contributed by atoms with van der Waals surface area (Å²) in [6.45, 7) is 2.90. The SMILES string of the molecule is COCCn1ncc(-c2ccc(-c3cnc(C(=O)Nc4ccc(C=O)c(Cl)c4)n3C)c(OC)c2F)c1C. The minimum Gasteiger partial charge on any atom is -0.493 e. The highest BCUT2D eigenvalue weighted by Crippen LogP contribution is 2.38. The van der Waals surface area contributed by atoms with Crippen LogP contribution in [-0.2, 0) is 18.3 Å². The summed E-state index contributed by atoms with van der Waals surface area (Å²) in [6, 6.07) is 7.92. The van der Waals surface area contributed by atoms with Crippen molar-refractivity contribution in [2.75, 3.05) is 26.1 Å². The van der Waals surface area contributed by atoms with E-state index in [0.717, 1.165) is 5.69 Å². The summed E-state index contributed by atoms with van der Waals surface area (Å²) >= 11 is 6.05. The molecule has 0 bridgehead atoms. The Hall–Kier alpha value is -4.02.